The molecule has 2 aliphatic rings. The van der Waals surface area contributed by atoms with Crippen molar-refractivity contribution in [1.82, 2.24) is 9.21 Å². The fourth-order valence-corrected chi connectivity index (χ4v) is 5.33. The molecular weight excluding hydrogens is 392 g/mol. The molecule has 0 radical (unpaired) electrons. The number of rotatable bonds is 5. The first-order chi connectivity index (χ1) is 14.0. The standard InChI is InChI=1S/C21H30N2O5S/c24-20(22-13-5-1-2-6-14-22)17-28-21(25)18-9-11-19(12-10-18)29(26,27)23-15-7-3-4-8-16-23/h9-12H,1-8,13-17H2. The molecule has 2 aliphatic heterocycles. The maximum Gasteiger partial charge on any atom is 0.338 e. The molecule has 2 fully saturated rings. The van der Waals surface area contributed by atoms with Gasteiger partial charge in [-0.05, 0) is 49.9 Å². The number of amides is 1. The molecule has 29 heavy (non-hydrogen) atoms. The van der Waals surface area contributed by atoms with Gasteiger partial charge in [-0.15, -0.1) is 0 Å². The van der Waals surface area contributed by atoms with Crippen LogP contribution in [0.1, 0.15) is 61.7 Å². The molecule has 0 aromatic heterocycles. The minimum atomic E-state index is -3.55. The van der Waals surface area contributed by atoms with Crippen molar-refractivity contribution in [3.05, 3.63) is 29.8 Å². The lowest BCUT2D eigenvalue weighted by Crippen LogP contribution is -2.35. The highest BCUT2D eigenvalue weighted by atomic mass is 32.2. The van der Waals surface area contributed by atoms with Crippen molar-refractivity contribution in [1.29, 1.82) is 0 Å². The molecule has 0 bridgehead atoms. The van der Waals surface area contributed by atoms with Crippen LogP contribution in [0.15, 0.2) is 29.2 Å². The summed E-state index contributed by atoms with van der Waals surface area (Å²) in [4.78, 5) is 26.4. The van der Waals surface area contributed by atoms with Gasteiger partial charge in [0.15, 0.2) is 6.61 Å². The van der Waals surface area contributed by atoms with Gasteiger partial charge in [0.25, 0.3) is 5.91 Å². The molecule has 1 aromatic rings. The maximum absolute atomic E-state index is 12.8. The maximum atomic E-state index is 12.8. The Labute approximate surface area is 173 Å². The zero-order chi connectivity index (χ0) is 20.7. The smallest absolute Gasteiger partial charge is 0.338 e. The summed E-state index contributed by atoms with van der Waals surface area (Å²) in [7, 11) is -3.55. The number of ether oxygens (including phenoxy) is 1. The lowest BCUT2D eigenvalue weighted by Gasteiger charge is -2.20. The van der Waals surface area contributed by atoms with Gasteiger partial charge in [-0.3, -0.25) is 4.79 Å². The van der Waals surface area contributed by atoms with Gasteiger partial charge in [-0.25, -0.2) is 13.2 Å². The first-order valence-corrected chi connectivity index (χ1v) is 12.0. The summed E-state index contributed by atoms with van der Waals surface area (Å²) in [5.74, 6) is -0.799. The molecule has 0 N–H and O–H groups in total. The fraction of sp³-hybridized carbons (Fsp3) is 0.619. The SMILES string of the molecule is O=C(OCC(=O)N1CCCCCC1)c1ccc(S(=O)(=O)N2CCCCCC2)cc1. The minimum absolute atomic E-state index is 0.177. The summed E-state index contributed by atoms with van der Waals surface area (Å²) >= 11 is 0. The fourth-order valence-electron chi connectivity index (χ4n) is 3.82. The lowest BCUT2D eigenvalue weighted by atomic mass is 10.2. The molecule has 2 heterocycles. The summed E-state index contributed by atoms with van der Waals surface area (Å²) in [6, 6.07) is 5.77. The van der Waals surface area contributed by atoms with Crippen LogP contribution < -0.4 is 0 Å². The number of hydrogen-bond acceptors (Lipinski definition) is 5. The molecule has 0 unspecified atom stereocenters. The highest BCUT2D eigenvalue weighted by Gasteiger charge is 2.25. The van der Waals surface area contributed by atoms with Crippen LogP contribution in [0, 0.1) is 0 Å². The molecule has 8 heteroatoms. The first kappa shape index (κ1) is 21.8. The quantitative estimate of drug-likeness (QED) is 0.682. The number of benzene rings is 1. The van der Waals surface area contributed by atoms with E-state index >= 15 is 0 Å². The molecule has 7 nitrogen and oxygen atoms in total. The molecule has 0 atom stereocenters. The predicted octanol–water partition coefficient (Wildman–Crippen LogP) is 2.81. The van der Waals surface area contributed by atoms with Crippen molar-refractivity contribution in [3.63, 3.8) is 0 Å². The molecule has 3 rings (SSSR count). The van der Waals surface area contributed by atoms with Crippen LogP contribution in [0.4, 0.5) is 0 Å². The number of esters is 1. The van der Waals surface area contributed by atoms with Gasteiger partial charge in [-0.2, -0.15) is 4.31 Å². The summed E-state index contributed by atoms with van der Waals surface area (Å²) < 4.78 is 32.3. The summed E-state index contributed by atoms with van der Waals surface area (Å²) in [6.45, 7) is 2.20. The van der Waals surface area contributed by atoms with Crippen LogP contribution in [0.25, 0.3) is 0 Å². The van der Waals surface area contributed by atoms with Crippen LogP contribution in [0.3, 0.4) is 0 Å². The molecule has 1 amide bonds. The molecule has 160 valence electrons. The van der Waals surface area contributed by atoms with Gasteiger partial charge in [0, 0.05) is 26.2 Å². The highest BCUT2D eigenvalue weighted by Crippen LogP contribution is 2.21. The van der Waals surface area contributed by atoms with Crippen LogP contribution in [-0.2, 0) is 19.6 Å². The normalized spacial score (nSPS) is 19.2. The minimum Gasteiger partial charge on any atom is -0.452 e. The Morgan fingerprint density at radius 3 is 1.86 bits per heavy atom. The number of nitrogens with zero attached hydrogens (tertiary/aromatic N) is 2. The van der Waals surface area contributed by atoms with Gasteiger partial charge in [0.1, 0.15) is 0 Å². The number of carbonyl (C=O) groups is 2. The Balaban J connectivity index is 1.57. The third-order valence-electron chi connectivity index (χ3n) is 5.58. The lowest BCUT2D eigenvalue weighted by molar-refractivity contribution is -0.134. The van der Waals surface area contributed by atoms with Gasteiger partial charge < -0.3 is 9.64 Å². The zero-order valence-electron chi connectivity index (χ0n) is 16.8. The third kappa shape index (κ3) is 5.79. The number of sulfonamides is 1. The van der Waals surface area contributed by atoms with Crippen LogP contribution in [0.2, 0.25) is 0 Å². The topological polar surface area (TPSA) is 84.0 Å². The number of hydrogen-bond donors (Lipinski definition) is 0. The monoisotopic (exact) mass is 422 g/mol. The average molecular weight is 423 g/mol. The average Bonchev–Trinajstić information content (AvgIpc) is 3.17. The van der Waals surface area contributed by atoms with E-state index in [1.54, 1.807) is 4.90 Å². The van der Waals surface area contributed by atoms with E-state index in [-0.39, 0.29) is 23.0 Å². The molecule has 2 saturated heterocycles. The van der Waals surface area contributed by atoms with Gasteiger partial charge in [0.2, 0.25) is 10.0 Å². The molecule has 0 aliphatic carbocycles. The molecule has 0 saturated carbocycles. The van der Waals surface area contributed by atoms with Crippen molar-refractivity contribution in [2.45, 2.75) is 56.3 Å². The van der Waals surface area contributed by atoms with Crippen molar-refractivity contribution in [2.24, 2.45) is 0 Å². The zero-order valence-corrected chi connectivity index (χ0v) is 17.7. The summed E-state index contributed by atoms with van der Waals surface area (Å²) in [5, 5.41) is 0. The van der Waals surface area contributed by atoms with E-state index in [4.69, 9.17) is 4.74 Å². The second-order valence-electron chi connectivity index (χ2n) is 7.71. The van der Waals surface area contributed by atoms with E-state index in [9.17, 15) is 18.0 Å². The van der Waals surface area contributed by atoms with Crippen LogP contribution in [-0.4, -0.2) is 62.3 Å². The molecule has 0 spiro atoms. The van der Waals surface area contributed by atoms with Crippen molar-refractivity contribution in [3.8, 4) is 0 Å². The highest BCUT2D eigenvalue weighted by molar-refractivity contribution is 7.89. The largest absolute Gasteiger partial charge is 0.452 e. The second-order valence-corrected chi connectivity index (χ2v) is 9.65. The Kier molecular flexibility index (Phi) is 7.66. The van der Waals surface area contributed by atoms with Crippen molar-refractivity contribution in [2.75, 3.05) is 32.8 Å². The molecular formula is C21H30N2O5S. The summed E-state index contributed by atoms with van der Waals surface area (Å²) in [5.41, 5.74) is 0.239. The van der Waals surface area contributed by atoms with E-state index in [0.29, 0.717) is 26.2 Å². The van der Waals surface area contributed by atoms with E-state index in [2.05, 4.69) is 0 Å². The predicted molar refractivity (Wildman–Crippen MR) is 109 cm³/mol. The van der Waals surface area contributed by atoms with Crippen LogP contribution in [0.5, 0.6) is 0 Å². The molecule has 1 aromatic carbocycles. The van der Waals surface area contributed by atoms with E-state index in [1.807, 2.05) is 0 Å². The first-order valence-electron chi connectivity index (χ1n) is 10.5. The number of carbonyl (C=O) groups excluding carboxylic acids is 2. The van der Waals surface area contributed by atoms with E-state index < -0.39 is 16.0 Å². The van der Waals surface area contributed by atoms with E-state index in [0.717, 1.165) is 51.4 Å². The summed E-state index contributed by atoms with van der Waals surface area (Å²) in [6.07, 6.45) is 8.04. The van der Waals surface area contributed by atoms with E-state index in [1.165, 1.54) is 28.6 Å². The number of likely N-dealkylation sites (tertiary alicyclic amines) is 1. The Bertz CT molecular complexity index is 791. The Morgan fingerprint density at radius 2 is 1.31 bits per heavy atom. The Morgan fingerprint density at radius 1 is 0.793 bits per heavy atom. The second kappa shape index (κ2) is 10.2. The third-order valence-corrected chi connectivity index (χ3v) is 7.49. The van der Waals surface area contributed by atoms with Gasteiger partial charge >= 0.3 is 5.97 Å². The van der Waals surface area contributed by atoms with Gasteiger partial charge in [0.05, 0.1) is 10.5 Å². The van der Waals surface area contributed by atoms with Crippen LogP contribution >= 0.6 is 0 Å². The van der Waals surface area contributed by atoms with Gasteiger partial charge in [-0.1, -0.05) is 25.7 Å². The Hall–Kier alpha value is -1.93. The van der Waals surface area contributed by atoms with Crippen molar-refractivity contribution < 1.29 is 22.7 Å². The van der Waals surface area contributed by atoms with Crippen molar-refractivity contribution >= 4 is 21.9 Å².